The average Bonchev–Trinajstić information content (AvgIpc) is 2.30. The molecule has 0 amide bonds. The fourth-order valence-corrected chi connectivity index (χ4v) is 2.07. The molecular weight excluding hydrogens is 226 g/mol. The SMILES string of the molecule is Cc1nnc(S(=O)(=O)Cl)n1CC(C)C. The van der Waals surface area contributed by atoms with E-state index in [9.17, 15) is 8.42 Å². The Hall–Kier alpha value is -0.620. The van der Waals surface area contributed by atoms with E-state index in [0.717, 1.165) is 0 Å². The Labute approximate surface area is 87.5 Å². The van der Waals surface area contributed by atoms with Gasteiger partial charge in [-0.15, -0.1) is 10.2 Å². The summed E-state index contributed by atoms with van der Waals surface area (Å²) >= 11 is 0. The van der Waals surface area contributed by atoms with E-state index in [2.05, 4.69) is 10.2 Å². The molecule has 0 bridgehead atoms. The highest BCUT2D eigenvalue weighted by molar-refractivity contribution is 8.13. The van der Waals surface area contributed by atoms with Crippen molar-refractivity contribution >= 4 is 19.7 Å². The van der Waals surface area contributed by atoms with Crippen LogP contribution in [0.4, 0.5) is 0 Å². The molecule has 0 aliphatic carbocycles. The number of aromatic nitrogens is 3. The third-order valence-corrected chi connectivity index (χ3v) is 2.82. The summed E-state index contributed by atoms with van der Waals surface area (Å²) in [5, 5.41) is 7.04. The van der Waals surface area contributed by atoms with E-state index in [1.165, 1.54) is 4.57 Å². The first-order valence-corrected chi connectivity index (χ1v) is 6.47. The quantitative estimate of drug-likeness (QED) is 0.741. The second kappa shape index (κ2) is 3.86. The Kier molecular flexibility index (Phi) is 3.16. The van der Waals surface area contributed by atoms with Crippen molar-refractivity contribution in [1.29, 1.82) is 0 Å². The van der Waals surface area contributed by atoms with Crippen molar-refractivity contribution < 1.29 is 8.42 Å². The van der Waals surface area contributed by atoms with Gasteiger partial charge in [0, 0.05) is 17.2 Å². The van der Waals surface area contributed by atoms with Crippen molar-refractivity contribution in [3.05, 3.63) is 5.82 Å². The third kappa shape index (κ3) is 2.45. The van der Waals surface area contributed by atoms with Crippen LogP contribution in [0.3, 0.4) is 0 Å². The zero-order valence-electron chi connectivity index (χ0n) is 8.23. The van der Waals surface area contributed by atoms with Crippen LogP contribution in [0.15, 0.2) is 5.16 Å². The van der Waals surface area contributed by atoms with Crippen LogP contribution in [0.1, 0.15) is 19.7 Å². The van der Waals surface area contributed by atoms with E-state index in [4.69, 9.17) is 10.7 Å². The maximum absolute atomic E-state index is 11.1. The first kappa shape index (κ1) is 11.5. The van der Waals surface area contributed by atoms with E-state index in [0.29, 0.717) is 18.3 Å². The van der Waals surface area contributed by atoms with Gasteiger partial charge in [0.1, 0.15) is 5.82 Å². The van der Waals surface area contributed by atoms with Gasteiger partial charge in [0.25, 0.3) is 14.2 Å². The average molecular weight is 238 g/mol. The fourth-order valence-electron chi connectivity index (χ4n) is 1.12. The van der Waals surface area contributed by atoms with Crippen molar-refractivity contribution in [2.45, 2.75) is 32.5 Å². The lowest BCUT2D eigenvalue weighted by Crippen LogP contribution is -2.11. The zero-order valence-corrected chi connectivity index (χ0v) is 9.80. The Balaban J connectivity index is 3.20. The molecule has 1 rings (SSSR count). The van der Waals surface area contributed by atoms with Crippen LogP contribution < -0.4 is 0 Å². The first-order chi connectivity index (χ1) is 6.32. The standard InChI is InChI=1S/C7H12ClN3O2S/c1-5(2)4-11-6(3)9-10-7(11)14(8,12)13/h5H,4H2,1-3H3. The molecule has 0 spiro atoms. The summed E-state index contributed by atoms with van der Waals surface area (Å²) in [5.74, 6) is 0.861. The summed E-state index contributed by atoms with van der Waals surface area (Å²) in [6.45, 7) is 6.19. The van der Waals surface area contributed by atoms with E-state index in [1.807, 2.05) is 13.8 Å². The monoisotopic (exact) mass is 237 g/mol. The molecule has 0 atom stereocenters. The summed E-state index contributed by atoms with van der Waals surface area (Å²) in [7, 11) is 1.41. The first-order valence-electron chi connectivity index (χ1n) is 4.17. The van der Waals surface area contributed by atoms with Gasteiger partial charge in [-0.1, -0.05) is 13.8 Å². The zero-order chi connectivity index (χ0) is 10.9. The van der Waals surface area contributed by atoms with Crippen molar-refractivity contribution in [2.75, 3.05) is 0 Å². The van der Waals surface area contributed by atoms with Gasteiger partial charge < -0.3 is 4.57 Å². The molecule has 0 fully saturated rings. The minimum Gasteiger partial charge on any atom is -0.301 e. The van der Waals surface area contributed by atoms with Gasteiger partial charge in [-0.2, -0.15) is 0 Å². The van der Waals surface area contributed by atoms with Crippen molar-refractivity contribution in [3.63, 3.8) is 0 Å². The van der Waals surface area contributed by atoms with E-state index in [1.54, 1.807) is 6.92 Å². The molecule has 7 heteroatoms. The van der Waals surface area contributed by atoms with Crippen LogP contribution >= 0.6 is 10.7 Å². The fraction of sp³-hybridized carbons (Fsp3) is 0.714. The lowest BCUT2D eigenvalue weighted by molar-refractivity contribution is 0.477. The molecule has 0 aromatic carbocycles. The normalized spacial score (nSPS) is 12.4. The molecular formula is C7H12ClN3O2S. The summed E-state index contributed by atoms with van der Waals surface area (Å²) in [6, 6.07) is 0. The number of aryl methyl sites for hydroxylation is 1. The highest BCUT2D eigenvalue weighted by Crippen LogP contribution is 2.15. The molecule has 14 heavy (non-hydrogen) atoms. The summed E-state index contributed by atoms with van der Waals surface area (Å²) < 4.78 is 23.7. The van der Waals surface area contributed by atoms with Crippen LogP contribution in [0.25, 0.3) is 0 Å². The predicted molar refractivity (Wildman–Crippen MR) is 52.6 cm³/mol. The predicted octanol–water partition coefficient (Wildman–Crippen LogP) is 1.17. The van der Waals surface area contributed by atoms with Crippen molar-refractivity contribution in [1.82, 2.24) is 14.8 Å². The molecule has 1 aromatic rings. The lowest BCUT2D eigenvalue weighted by atomic mass is 10.2. The maximum Gasteiger partial charge on any atom is 0.296 e. The third-order valence-electron chi connectivity index (χ3n) is 1.67. The van der Waals surface area contributed by atoms with Crippen molar-refractivity contribution in [3.8, 4) is 0 Å². The second-order valence-corrected chi connectivity index (χ2v) is 5.93. The van der Waals surface area contributed by atoms with Crippen LogP contribution in [-0.4, -0.2) is 23.2 Å². The summed E-state index contributed by atoms with van der Waals surface area (Å²) in [6.07, 6.45) is 0. The van der Waals surface area contributed by atoms with E-state index >= 15 is 0 Å². The number of hydrogen-bond acceptors (Lipinski definition) is 4. The van der Waals surface area contributed by atoms with Crippen LogP contribution in [0.5, 0.6) is 0 Å². The van der Waals surface area contributed by atoms with Gasteiger partial charge in [0.15, 0.2) is 0 Å². The largest absolute Gasteiger partial charge is 0.301 e. The van der Waals surface area contributed by atoms with Gasteiger partial charge in [0.2, 0.25) is 0 Å². The van der Waals surface area contributed by atoms with Gasteiger partial charge in [0.05, 0.1) is 0 Å². The molecule has 0 aliphatic rings. The Morgan fingerprint density at radius 3 is 2.43 bits per heavy atom. The molecule has 80 valence electrons. The van der Waals surface area contributed by atoms with Gasteiger partial charge in [-0.25, -0.2) is 8.42 Å². The number of nitrogens with zero attached hydrogens (tertiary/aromatic N) is 3. The van der Waals surface area contributed by atoms with Gasteiger partial charge in [-0.3, -0.25) is 0 Å². The minimum atomic E-state index is -3.80. The topological polar surface area (TPSA) is 64.8 Å². The number of halogens is 1. The molecule has 0 aliphatic heterocycles. The molecule has 5 nitrogen and oxygen atoms in total. The van der Waals surface area contributed by atoms with E-state index < -0.39 is 9.05 Å². The number of hydrogen-bond donors (Lipinski definition) is 0. The lowest BCUT2D eigenvalue weighted by Gasteiger charge is -2.08. The Morgan fingerprint density at radius 2 is 2.00 bits per heavy atom. The van der Waals surface area contributed by atoms with Crippen LogP contribution in [0.2, 0.25) is 0 Å². The Morgan fingerprint density at radius 1 is 1.43 bits per heavy atom. The van der Waals surface area contributed by atoms with Crippen LogP contribution in [0, 0.1) is 12.8 Å². The second-order valence-electron chi connectivity index (χ2n) is 3.47. The van der Waals surface area contributed by atoms with Gasteiger partial charge in [-0.05, 0) is 12.8 Å². The van der Waals surface area contributed by atoms with Crippen LogP contribution in [-0.2, 0) is 15.6 Å². The molecule has 0 N–H and O–H groups in total. The number of rotatable bonds is 3. The minimum absolute atomic E-state index is 0.176. The molecule has 0 saturated carbocycles. The summed E-state index contributed by atoms with van der Waals surface area (Å²) in [5.41, 5.74) is 0. The molecule has 1 heterocycles. The van der Waals surface area contributed by atoms with E-state index in [-0.39, 0.29) is 5.16 Å². The molecule has 1 aromatic heterocycles. The molecule has 0 unspecified atom stereocenters. The van der Waals surface area contributed by atoms with Crippen molar-refractivity contribution in [2.24, 2.45) is 5.92 Å². The maximum atomic E-state index is 11.1. The molecule has 0 saturated heterocycles. The van der Waals surface area contributed by atoms with Gasteiger partial charge >= 0.3 is 0 Å². The Bertz CT molecular complexity index is 424. The molecule has 0 radical (unpaired) electrons. The highest BCUT2D eigenvalue weighted by atomic mass is 35.7. The summed E-state index contributed by atoms with van der Waals surface area (Å²) in [4.78, 5) is 0. The highest BCUT2D eigenvalue weighted by Gasteiger charge is 2.21. The smallest absolute Gasteiger partial charge is 0.296 e.